The first-order valence-electron chi connectivity index (χ1n) is 5.88. The maximum Gasteiger partial charge on any atom is -0.0238 e. The van der Waals surface area contributed by atoms with Crippen LogP contribution in [0.2, 0.25) is 0 Å². The van der Waals surface area contributed by atoms with E-state index in [9.17, 15) is 0 Å². The minimum atomic E-state index is 1.19. The van der Waals surface area contributed by atoms with Crippen molar-refractivity contribution in [3.8, 4) is 0 Å². The van der Waals surface area contributed by atoms with Gasteiger partial charge in [-0.1, -0.05) is 44.6 Å². The van der Waals surface area contributed by atoms with Crippen LogP contribution in [0.4, 0.5) is 0 Å². The van der Waals surface area contributed by atoms with Gasteiger partial charge >= 0.3 is 0 Å². The molecule has 0 aromatic heterocycles. The molecule has 0 aliphatic heterocycles. The molecule has 0 spiro atoms. The van der Waals surface area contributed by atoms with Crippen molar-refractivity contribution in [2.75, 3.05) is 0 Å². The number of rotatable bonds is 3. The third-order valence-corrected chi connectivity index (χ3v) is 3.01. The molecule has 1 fully saturated rings. The Balaban J connectivity index is 2.19. The van der Waals surface area contributed by atoms with Crippen LogP contribution in [-0.4, -0.2) is 0 Å². The van der Waals surface area contributed by atoms with Crippen LogP contribution in [0.3, 0.4) is 0 Å². The van der Waals surface area contributed by atoms with Crippen LogP contribution < -0.4 is 0 Å². The highest BCUT2D eigenvalue weighted by molar-refractivity contribution is 4.91. The highest BCUT2D eigenvalue weighted by Gasteiger charge is 2.09. The van der Waals surface area contributed by atoms with Crippen molar-refractivity contribution in [2.45, 2.75) is 64.2 Å². The molecule has 0 atom stereocenters. The van der Waals surface area contributed by atoms with Crippen molar-refractivity contribution in [3.63, 3.8) is 0 Å². The minimum Gasteiger partial charge on any atom is -0.103 e. The molecular weight excluding hydrogens is 156 g/mol. The molecule has 1 radical (unpaired) electrons. The first-order chi connectivity index (χ1) is 6.43. The molecule has 13 heavy (non-hydrogen) atoms. The summed E-state index contributed by atoms with van der Waals surface area (Å²) in [5, 5.41) is 0. The monoisotopic (exact) mass is 179 g/mol. The van der Waals surface area contributed by atoms with Gasteiger partial charge < -0.3 is 0 Å². The molecule has 0 aromatic carbocycles. The average Bonchev–Trinajstić information content (AvgIpc) is 2.28. The molecule has 0 heterocycles. The lowest BCUT2D eigenvalue weighted by Gasteiger charge is -2.13. The number of hydrogen-bond donors (Lipinski definition) is 0. The predicted octanol–water partition coefficient (Wildman–Crippen LogP) is 4.66. The average molecular weight is 179 g/mol. The van der Waals surface area contributed by atoms with E-state index in [-0.39, 0.29) is 0 Å². The van der Waals surface area contributed by atoms with E-state index in [1.54, 1.807) is 0 Å². The maximum atomic E-state index is 3.79. The molecular formula is C13H23. The van der Waals surface area contributed by atoms with Crippen LogP contribution in [0.15, 0.2) is 12.7 Å². The molecule has 1 aliphatic carbocycles. The Hall–Kier alpha value is -0.260. The van der Waals surface area contributed by atoms with Gasteiger partial charge in [0.1, 0.15) is 0 Å². The van der Waals surface area contributed by atoms with Gasteiger partial charge in [0.2, 0.25) is 0 Å². The van der Waals surface area contributed by atoms with Crippen molar-refractivity contribution in [1.82, 2.24) is 0 Å². The Morgan fingerprint density at radius 1 is 0.923 bits per heavy atom. The Bertz CT molecular complexity index is 116. The zero-order valence-corrected chi connectivity index (χ0v) is 8.86. The second-order valence-electron chi connectivity index (χ2n) is 4.20. The van der Waals surface area contributed by atoms with Crippen LogP contribution in [0.25, 0.3) is 0 Å². The predicted molar refractivity (Wildman–Crippen MR) is 59.6 cm³/mol. The van der Waals surface area contributed by atoms with E-state index in [0.717, 1.165) is 0 Å². The van der Waals surface area contributed by atoms with Gasteiger partial charge in [0.25, 0.3) is 0 Å². The molecule has 0 unspecified atom stereocenters. The fourth-order valence-corrected chi connectivity index (χ4v) is 2.14. The topological polar surface area (TPSA) is 0 Å². The smallest absolute Gasteiger partial charge is 0.0238 e. The summed E-state index contributed by atoms with van der Waals surface area (Å²) in [6.45, 7) is 3.79. The third-order valence-electron chi connectivity index (χ3n) is 3.01. The molecule has 75 valence electrons. The van der Waals surface area contributed by atoms with Gasteiger partial charge in [-0.3, -0.25) is 0 Å². The molecule has 0 amide bonds. The summed E-state index contributed by atoms with van der Waals surface area (Å²) in [6, 6.07) is 0. The third kappa shape index (κ3) is 5.13. The molecule has 0 heteroatoms. The summed E-state index contributed by atoms with van der Waals surface area (Å²) in [4.78, 5) is 0. The number of allylic oxidation sites excluding steroid dienone is 1. The molecule has 0 N–H and O–H groups in total. The first kappa shape index (κ1) is 10.8. The quantitative estimate of drug-likeness (QED) is 0.553. The van der Waals surface area contributed by atoms with Crippen LogP contribution >= 0.6 is 0 Å². The van der Waals surface area contributed by atoms with Gasteiger partial charge in [-0.15, -0.1) is 6.58 Å². The minimum absolute atomic E-state index is 1.19. The summed E-state index contributed by atoms with van der Waals surface area (Å²) in [5.41, 5.74) is 0. The summed E-state index contributed by atoms with van der Waals surface area (Å²) in [6.07, 6.45) is 16.1. The lowest BCUT2D eigenvalue weighted by molar-refractivity contribution is 0.610. The van der Waals surface area contributed by atoms with Crippen LogP contribution in [-0.2, 0) is 0 Å². The van der Waals surface area contributed by atoms with Gasteiger partial charge in [-0.05, 0) is 31.6 Å². The standard InChI is InChI=1S/C13H23/c1-2-3-10-13-11-8-6-4-5-7-9-12-13/h2H,1,3-12H2. The summed E-state index contributed by atoms with van der Waals surface area (Å²) in [7, 11) is 0. The molecule has 1 rings (SSSR count). The van der Waals surface area contributed by atoms with Crippen LogP contribution in [0.5, 0.6) is 0 Å². The van der Waals surface area contributed by atoms with E-state index in [1.165, 1.54) is 64.2 Å². The van der Waals surface area contributed by atoms with Crippen LogP contribution in [0, 0.1) is 5.92 Å². The van der Waals surface area contributed by atoms with Crippen LogP contribution in [0.1, 0.15) is 64.2 Å². The lowest BCUT2D eigenvalue weighted by Crippen LogP contribution is -1.96. The number of hydrogen-bond acceptors (Lipinski definition) is 0. The van der Waals surface area contributed by atoms with Gasteiger partial charge in [0, 0.05) is 0 Å². The van der Waals surface area contributed by atoms with Gasteiger partial charge in [-0.2, -0.15) is 0 Å². The Morgan fingerprint density at radius 3 is 2.00 bits per heavy atom. The Kier molecular flexibility index (Phi) is 5.97. The zero-order chi connectivity index (χ0) is 9.36. The van der Waals surface area contributed by atoms with E-state index < -0.39 is 0 Å². The van der Waals surface area contributed by atoms with Crippen molar-refractivity contribution in [1.29, 1.82) is 0 Å². The van der Waals surface area contributed by atoms with E-state index in [0.29, 0.717) is 0 Å². The van der Waals surface area contributed by atoms with E-state index in [2.05, 4.69) is 12.7 Å². The van der Waals surface area contributed by atoms with E-state index in [4.69, 9.17) is 0 Å². The van der Waals surface area contributed by atoms with Crippen molar-refractivity contribution in [3.05, 3.63) is 18.6 Å². The van der Waals surface area contributed by atoms with E-state index >= 15 is 0 Å². The van der Waals surface area contributed by atoms with Gasteiger partial charge in [-0.25, -0.2) is 0 Å². The molecule has 1 saturated carbocycles. The molecule has 1 aliphatic rings. The fourth-order valence-electron chi connectivity index (χ4n) is 2.14. The fraction of sp³-hybridized carbons (Fsp3) is 0.769. The molecule has 0 bridgehead atoms. The Morgan fingerprint density at radius 2 is 1.46 bits per heavy atom. The highest BCUT2D eigenvalue weighted by atomic mass is 14.1. The normalized spacial score (nSPS) is 21.5. The highest BCUT2D eigenvalue weighted by Crippen LogP contribution is 2.26. The molecule has 0 aromatic rings. The molecule has 0 nitrogen and oxygen atoms in total. The van der Waals surface area contributed by atoms with E-state index in [1.807, 2.05) is 5.92 Å². The summed E-state index contributed by atoms with van der Waals surface area (Å²) in [5.74, 6) is 1.81. The Labute approximate surface area is 83.4 Å². The second kappa shape index (κ2) is 7.17. The SMILES string of the molecule is C=CCC[C]1CCCCCCCC1. The molecule has 0 saturated heterocycles. The largest absolute Gasteiger partial charge is 0.103 e. The maximum absolute atomic E-state index is 3.79. The van der Waals surface area contributed by atoms with Crippen molar-refractivity contribution in [2.24, 2.45) is 0 Å². The second-order valence-corrected chi connectivity index (χ2v) is 4.20. The summed E-state index contributed by atoms with van der Waals surface area (Å²) >= 11 is 0. The zero-order valence-electron chi connectivity index (χ0n) is 8.86. The lowest BCUT2D eigenvalue weighted by atomic mass is 9.92. The van der Waals surface area contributed by atoms with Gasteiger partial charge in [0.05, 0.1) is 0 Å². The summed E-state index contributed by atoms with van der Waals surface area (Å²) < 4.78 is 0. The first-order valence-corrected chi connectivity index (χ1v) is 5.88. The van der Waals surface area contributed by atoms with Crippen molar-refractivity contribution >= 4 is 0 Å². The van der Waals surface area contributed by atoms with Crippen molar-refractivity contribution < 1.29 is 0 Å². The van der Waals surface area contributed by atoms with Gasteiger partial charge in [0.15, 0.2) is 0 Å².